The van der Waals surface area contributed by atoms with Gasteiger partial charge >= 0.3 is 12.1 Å². The summed E-state index contributed by atoms with van der Waals surface area (Å²) < 4.78 is 5.51. The third-order valence-electron chi connectivity index (χ3n) is 6.94. The number of carboxylic acid groups (broad SMARTS) is 1. The number of alkyl carbamates (subject to hydrolysis) is 1. The first kappa shape index (κ1) is 22.7. The Kier molecular flexibility index (Phi) is 5.76. The van der Waals surface area contributed by atoms with Crippen LogP contribution in [0.3, 0.4) is 0 Å². The van der Waals surface area contributed by atoms with Crippen LogP contribution in [0.4, 0.5) is 10.5 Å². The van der Waals surface area contributed by atoms with Gasteiger partial charge in [-0.3, -0.25) is 9.59 Å². The molecular formula is C28H26N2O5. The Balaban J connectivity index is 1.16. The van der Waals surface area contributed by atoms with Crippen molar-refractivity contribution in [2.24, 2.45) is 0 Å². The molecule has 1 saturated carbocycles. The van der Waals surface area contributed by atoms with Crippen molar-refractivity contribution in [2.75, 3.05) is 11.9 Å². The number of carbonyl (C=O) groups excluding carboxylic acids is 2. The first-order chi connectivity index (χ1) is 16.9. The summed E-state index contributed by atoms with van der Waals surface area (Å²) >= 11 is 0. The maximum atomic E-state index is 12.6. The molecule has 3 aromatic rings. The van der Waals surface area contributed by atoms with E-state index < -0.39 is 29.4 Å². The van der Waals surface area contributed by atoms with Crippen LogP contribution in [0.1, 0.15) is 42.4 Å². The SMILES string of the molecule is CC(NC(=O)OCC1c2ccccc2-c2ccccc21)C(=O)Nc1ccc(C2(C(=O)O)CC2)cc1. The molecule has 35 heavy (non-hydrogen) atoms. The van der Waals surface area contributed by atoms with Crippen LogP contribution in [0, 0.1) is 0 Å². The van der Waals surface area contributed by atoms with Crippen LogP contribution in [0.2, 0.25) is 0 Å². The van der Waals surface area contributed by atoms with Crippen LogP contribution in [0.25, 0.3) is 11.1 Å². The lowest BCUT2D eigenvalue weighted by molar-refractivity contribution is -0.140. The molecule has 0 aromatic heterocycles. The number of anilines is 1. The summed E-state index contributed by atoms with van der Waals surface area (Å²) in [6, 6.07) is 22.1. The number of hydrogen-bond acceptors (Lipinski definition) is 4. The molecule has 3 aromatic carbocycles. The molecule has 1 atom stereocenters. The second-order valence-electron chi connectivity index (χ2n) is 9.15. The number of hydrogen-bond donors (Lipinski definition) is 3. The Morgan fingerprint density at radius 3 is 2.06 bits per heavy atom. The highest BCUT2D eigenvalue weighted by Crippen LogP contribution is 2.48. The predicted octanol–water partition coefficient (Wildman–Crippen LogP) is 4.67. The smallest absolute Gasteiger partial charge is 0.407 e. The highest BCUT2D eigenvalue weighted by atomic mass is 16.5. The average molecular weight is 471 g/mol. The Morgan fingerprint density at radius 2 is 1.51 bits per heavy atom. The zero-order valence-electron chi connectivity index (χ0n) is 19.3. The molecule has 2 amide bonds. The van der Waals surface area contributed by atoms with Gasteiger partial charge in [0.1, 0.15) is 12.6 Å². The molecular weight excluding hydrogens is 444 g/mol. The third kappa shape index (κ3) is 4.25. The van der Waals surface area contributed by atoms with Gasteiger partial charge in [-0.1, -0.05) is 60.7 Å². The van der Waals surface area contributed by atoms with Gasteiger partial charge in [0.2, 0.25) is 5.91 Å². The summed E-state index contributed by atoms with van der Waals surface area (Å²) in [5, 5.41) is 14.7. The van der Waals surface area contributed by atoms with E-state index in [4.69, 9.17) is 4.74 Å². The minimum absolute atomic E-state index is 0.0589. The van der Waals surface area contributed by atoms with E-state index in [0.29, 0.717) is 18.5 Å². The molecule has 7 nitrogen and oxygen atoms in total. The van der Waals surface area contributed by atoms with E-state index in [1.165, 1.54) is 0 Å². The molecule has 0 heterocycles. The van der Waals surface area contributed by atoms with Gasteiger partial charge in [0, 0.05) is 11.6 Å². The number of fused-ring (bicyclic) bond motifs is 3. The van der Waals surface area contributed by atoms with Gasteiger partial charge in [-0.05, 0) is 59.7 Å². The van der Waals surface area contributed by atoms with Gasteiger partial charge in [0.05, 0.1) is 5.41 Å². The molecule has 0 radical (unpaired) electrons. The molecule has 0 spiro atoms. The lowest BCUT2D eigenvalue weighted by atomic mass is 9.96. The maximum Gasteiger partial charge on any atom is 0.407 e. The number of ether oxygens (including phenoxy) is 1. The Labute approximate surface area is 203 Å². The summed E-state index contributed by atoms with van der Waals surface area (Å²) in [6.45, 7) is 1.75. The predicted molar refractivity (Wildman–Crippen MR) is 131 cm³/mol. The first-order valence-electron chi connectivity index (χ1n) is 11.7. The van der Waals surface area contributed by atoms with Crippen molar-refractivity contribution in [1.29, 1.82) is 0 Å². The van der Waals surface area contributed by atoms with E-state index in [-0.39, 0.29) is 12.5 Å². The molecule has 0 aliphatic heterocycles. The van der Waals surface area contributed by atoms with Crippen molar-refractivity contribution in [3.63, 3.8) is 0 Å². The standard InChI is InChI=1S/C28H26N2O5/c1-17(25(31)30-19-12-10-18(11-13-19)28(14-15-28)26(32)33)29-27(34)35-16-24-22-8-4-2-6-20(22)21-7-3-5-9-23(21)24/h2-13,17,24H,14-16H2,1H3,(H,29,34)(H,30,31)(H,32,33). The second-order valence-corrected chi connectivity index (χ2v) is 9.15. The molecule has 3 N–H and O–H groups in total. The van der Waals surface area contributed by atoms with Crippen molar-refractivity contribution >= 4 is 23.7 Å². The van der Waals surface area contributed by atoms with Crippen molar-refractivity contribution < 1.29 is 24.2 Å². The molecule has 7 heteroatoms. The first-order valence-corrected chi connectivity index (χ1v) is 11.7. The van der Waals surface area contributed by atoms with E-state index in [1.54, 1.807) is 31.2 Å². The lowest BCUT2D eigenvalue weighted by Gasteiger charge is -2.17. The van der Waals surface area contributed by atoms with Gasteiger partial charge < -0.3 is 20.5 Å². The van der Waals surface area contributed by atoms with Crippen molar-refractivity contribution in [3.05, 3.63) is 89.5 Å². The number of aliphatic carboxylic acids is 1. The molecule has 2 aliphatic carbocycles. The van der Waals surface area contributed by atoms with Crippen LogP contribution in [0.15, 0.2) is 72.8 Å². The van der Waals surface area contributed by atoms with E-state index in [9.17, 15) is 19.5 Å². The van der Waals surface area contributed by atoms with Gasteiger partial charge in [-0.15, -0.1) is 0 Å². The largest absolute Gasteiger partial charge is 0.481 e. The molecule has 178 valence electrons. The lowest BCUT2D eigenvalue weighted by Crippen LogP contribution is -2.42. The van der Waals surface area contributed by atoms with Gasteiger partial charge in [-0.25, -0.2) is 4.79 Å². The van der Waals surface area contributed by atoms with E-state index in [0.717, 1.165) is 27.8 Å². The summed E-state index contributed by atoms with van der Waals surface area (Å²) in [6.07, 6.45) is 0.576. The number of rotatable bonds is 7. The van der Waals surface area contributed by atoms with Crippen molar-refractivity contribution in [3.8, 4) is 11.1 Å². The second kappa shape index (κ2) is 8.91. The van der Waals surface area contributed by atoms with Crippen molar-refractivity contribution in [1.82, 2.24) is 5.32 Å². The molecule has 0 saturated heterocycles. The normalized spacial score (nSPS) is 15.9. The summed E-state index contributed by atoms with van der Waals surface area (Å²) in [5.41, 5.74) is 4.99. The fourth-order valence-corrected chi connectivity index (χ4v) is 4.76. The zero-order valence-corrected chi connectivity index (χ0v) is 19.3. The summed E-state index contributed by atoms with van der Waals surface area (Å²) in [5.74, 6) is -1.28. The number of carboxylic acids is 1. The van der Waals surface area contributed by atoms with Gasteiger partial charge in [0.15, 0.2) is 0 Å². The fourth-order valence-electron chi connectivity index (χ4n) is 4.76. The number of amides is 2. The van der Waals surface area contributed by atoms with Crippen LogP contribution >= 0.6 is 0 Å². The van der Waals surface area contributed by atoms with Gasteiger partial charge in [-0.2, -0.15) is 0 Å². The quantitative estimate of drug-likeness (QED) is 0.466. The molecule has 1 fully saturated rings. The van der Waals surface area contributed by atoms with Crippen LogP contribution in [-0.4, -0.2) is 35.7 Å². The zero-order chi connectivity index (χ0) is 24.6. The molecule has 2 aliphatic rings. The maximum absolute atomic E-state index is 12.6. The van der Waals surface area contributed by atoms with E-state index in [2.05, 4.69) is 22.8 Å². The van der Waals surface area contributed by atoms with Crippen LogP contribution < -0.4 is 10.6 Å². The minimum Gasteiger partial charge on any atom is -0.481 e. The van der Waals surface area contributed by atoms with Crippen LogP contribution in [0.5, 0.6) is 0 Å². The Morgan fingerprint density at radius 1 is 0.943 bits per heavy atom. The summed E-state index contributed by atoms with van der Waals surface area (Å²) in [4.78, 5) is 36.5. The number of benzene rings is 3. The number of nitrogens with one attached hydrogen (secondary N) is 2. The molecule has 5 rings (SSSR count). The topological polar surface area (TPSA) is 105 Å². The fraction of sp³-hybridized carbons (Fsp3) is 0.250. The van der Waals surface area contributed by atoms with Crippen molar-refractivity contribution in [2.45, 2.75) is 37.1 Å². The average Bonchev–Trinajstić information content (AvgIpc) is 3.62. The highest BCUT2D eigenvalue weighted by Gasteiger charge is 2.51. The molecule has 0 bridgehead atoms. The number of carbonyl (C=O) groups is 3. The highest BCUT2D eigenvalue weighted by molar-refractivity contribution is 5.96. The van der Waals surface area contributed by atoms with Crippen LogP contribution in [-0.2, 0) is 19.7 Å². The van der Waals surface area contributed by atoms with Gasteiger partial charge in [0.25, 0.3) is 0 Å². The Bertz CT molecular complexity index is 1250. The summed E-state index contributed by atoms with van der Waals surface area (Å²) in [7, 11) is 0. The van der Waals surface area contributed by atoms with E-state index in [1.807, 2.05) is 36.4 Å². The monoisotopic (exact) mass is 470 g/mol. The van der Waals surface area contributed by atoms with E-state index >= 15 is 0 Å². The minimum atomic E-state index is -0.824. The Hall–Kier alpha value is -4.13. The molecule has 1 unspecified atom stereocenters. The third-order valence-corrected chi connectivity index (χ3v) is 6.94.